The summed E-state index contributed by atoms with van der Waals surface area (Å²) in [7, 11) is -3.11. The summed E-state index contributed by atoms with van der Waals surface area (Å²) in [5.41, 5.74) is 5.91. The van der Waals surface area contributed by atoms with E-state index in [0.717, 1.165) is 4.47 Å². The molecule has 1 rings (SSSR count). The van der Waals surface area contributed by atoms with Crippen LogP contribution in [0.1, 0.15) is 12.0 Å². The molecule has 0 aromatic heterocycles. The molecule has 90 valence electrons. The van der Waals surface area contributed by atoms with E-state index >= 15 is 0 Å². The highest BCUT2D eigenvalue weighted by molar-refractivity contribution is 9.10. The lowest BCUT2D eigenvalue weighted by Crippen LogP contribution is -2.13. The van der Waals surface area contributed by atoms with E-state index < -0.39 is 9.84 Å². The summed E-state index contributed by atoms with van der Waals surface area (Å²) < 4.78 is 24.2. The molecule has 0 spiro atoms. The van der Waals surface area contributed by atoms with Crippen LogP contribution in [0.2, 0.25) is 5.02 Å². The third kappa shape index (κ3) is 4.41. The van der Waals surface area contributed by atoms with E-state index in [4.69, 9.17) is 17.3 Å². The number of hydrogen-bond acceptors (Lipinski definition) is 3. The Balaban J connectivity index is 2.80. The minimum atomic E-state index is -3.11. The second-order valence-corrected chi connectivity index (χ2v) is 6.98. The number of halogens is 2. The molecule has 0 aliphatic carbocycles. The minimum absolute atomic E-state index is 0.0287. The molecule has 0 unspecified atom stereocenters. The fraction of sp³-hybridized carbons (Fsp3) is 0.400. The SMILES string of the molecule is NCCCS(=O)(=O)Cc1ccc(Br)cc1Cl. The highest BCUT2D eigenvalue weighted by atomic mass is 79.9. The van der Waals surface area contributed by atoms with Crippen LogP contribution in [0.3, 0.4) is 0 Å². The Hall–Kier alpha value is -0.100. The molecule has 0 fully saturated rings. The average Bonchev–Trinajstić information content (AvgIpc) is 2.19. The van der Waals surface area contributed by atoms with E-state index in [-0.39, 0.29) is 11.5 Å². The molecule has 0 amide bonds. The lowest BCUT2D eigenvalue weighted by molar-refractivity contribution is 0.593. The summed E-state index contributed by atoms with van der Waals surface area (Å²) in [5, 5.41) is 0.464. The number of sulfone groups is 1. The summed E-state index contributed by atoms with van der Waals surface area (Å²) in [6.45, 7) is 0.382. The first-order valence-electron chi connectivity index (χ1n) is 4.79. The molecule has 0 saturated heterocycles. The molecule has 16 heavy (non-hydrogen) atoms. The topological polar surface area (TPSA) is 60.2 Å². The first-order valence-corrected chi connectivity index (χ1v) is 7.78. The predicted molar refractivity (Wildman–Crippen MR) is 70.3 cm³/mol. The van der Waals surface area contributed by atoms with E-state index in [1.54, 1.807) is 18.2 Å². The van der Waals surface area contributed by atoms with Crippen molar-refractivity contribution in [2.24, 2.45) is 5.73 Å². The quantitative estimate of drug-likeness (QED) is 0.903. The molecule has 0 aliphatic heterocycles. The van der Waals surface area contributed by atoms with E-state index in [2.05, 4.69) is 15.9 Å². The van der Waals surface area contributed by atoms with Gasteiger partial charge in [-0.25, -0.2) is 8.42 Å². The van der Waals surface area contributed by atoms with Gasteiger partial charge in [-0.1, -0.05) is 33.6 Å². The molecule has 1 aromatic carbocycles. The van der Waals surface area contributed by atoms with E-state index in [1.807, 2.05) is 0 Å². The average molecular weight is 327 g/mol. The molecule has 1 aromatic rings. The molecule has 0 heterocycles. The standard InChI is InChI=1S/C10H13BrClNO2S/c11-9-3-2-8(10(12)6-9)7-16(14,15)5-1-4-13/h2-3,6H,1,4-5,7,13H2. The van der Waals surface area contributed by atoms with Gasteiger partial charge in [-0.3, -0.25) is 0 Å². The van der Waals surface area contributed by atoms with Gasteiger partial charge in [0.25, 0.3) is 0 Å². The van der Waals surface area contributed by atoms with Gasteiger partial charge >= 0.3 is 0 Å². The van der Waals surface area contributed by atoms with Crippen LogP contribution in [-0.2, 0) is 15.6 Å². The van der Waals surface area contributed by atoms with Crippen molar-refractivity contribution >= 4 is 37.4 Å². The Morgan fingerprint density at radius 2 is 2.06 bits per heavy atom. The zero-order chi connectivity index (χ0) is 12.2. The fourth-order valence-corrected chi connectivity index (χ4v) is 3.55. The molecule has 0 radical (unpaired) electrons. The van der Waals surface area contributed by atoms with Crippen molar-refractivity contribution < 1.29 is 8.42 Å². The summed E-state index contributed by atoms with van der Waals surface area (Å²) in [5.74, 6) is 0.0784. The van der Waals surface area contributed by atoms with Gasteiger partial charge < -0.3 is 5.73 Å². The van der Waals surface area contributed by atoms with E-state index in [9.17, 15) is 8.42 Å². The fourth-order valence-electron chi connectivity index (χ4n) is 1.25. The van der Waals surface area contributed by atoms with Crippen LogP contribution in [0.25, 0.3) is 0 Å². The molecular formula is C10H13BrClNO2S. The number of hydrogen-bond donors (Lipinski definition) is 1. The Morgan fingerprint density at radius 3 is 2.62 bits per heavy atom. The molecule has 0 aliphatic rings. The summed E-state index contributed by atoms with van der Waals surface area (Å²) >= 11 is 9.22. The van der Waals surface area contributed by atoms with Gasteiger partial charge in [0.15, 0.2) is 9.84 Å². The third-order valence-corrected chi connectivity index (χ3v) is 4.56. The van der Waals surface area contributed by atoms with Gasteiger partial charge in [-0.05, 0) is 30.7 Å². The normalized spacial score (nSPS) is 11.7. The first-order chi connectivity index (χ1) is 7.44. The van der Waals surface area contributed by atoms with Crippen LogP contribution in [0, 0.1) is 0 Å². The Kier molecular flexibility index (Phi) is 5.24. The van der Waals surface area contributed by atoms with Gasteiger partial charge in [0.2, 0.25) is 0 Å². The number of nitrogens with two attached hydrogens (primary N) is 1. The maximum atomic E-state index is 11.7. The highest BCUT2D eigenvalue weighted by Crippen LogP contribution is 2.23. The molecule has 0 saturated carbocycles. The van der Waals surface area contributed by atoms with Gasteiger partial charge in [0, 0.05) is 9.50 Å². The predicted octanol–water partition coefficient (Wildman–Crippen LogP) is 2.37. The zero-order valence-corrected chi connectivity index (χ0v) is 11.8. The van der Waals surface area contributed by atoms with Gasteiger partial charge in [0.05, 0.1) is 11.5 Å². The lowest BCUT2D eigenvalue weighted by atomic mass is 10.2. The van der Waals surface area contributed by atoms with Crippen molar-refractivity contribution in [3.05, 3.63) is 33.3 Å². The number of rotatable bonds is 5. The third-order valence-electron chi connectivity index (χ3n) is 2.05. The largest absolute Gasteiger partial charge is 0.330 e. The molecule has 0 atom stereocenters. The highest BCUT2D eigenvalue weighted by Gasteiger charge is 2.13. The molecule has 2 N–H and O–H groups in total. The molecule has 0 bridgehead atoms. The van der Waals surface area contributed by atoms with Crippen molar-refractivity contribution in [1.82, 2.24) is 0 Å². The van der Waals surface area contributed by atoms with Crippen molar-refractivity contribution in [2.45, 2.75) is 12.2 Å². The van der Waals surface area contributed by atoms with Crippen molar-refractivity contribution in [2.75, 3.05) is 12.3 Å². The van der Waals surface area contributed by atoms with Crippen LogP contribution in [0.5, 0.6) is 0 Å². The van der Waals surface area contributed by atoms with Crippen LogP contribution >= 0.6 is 27.5 Å². The lowest BCUT2D eigenvalue weighted by Gasteiger charge is -2.06. The van der Waals surface area contributed by atoms with E-state index in [1.165, 1.54) is 0 Å². The Morgan fingerprint density at radius 1 is 1.38 bits per heavy atom. The molecular weight excluding hydrogens is 314 g/mol. The van der Waals surface area contributed by atoms with Crippen LogP contribution in [-0.4, -0.2) is 20.7 Å². The van der Waals surface area contributed by atoms with Crippen molar-refractivity contribution in [1.29, 1.82) is 0 Å². The van der Waals surface area contributed by atoms with Gasteiger partial charge in [-0.15, -0.1) is 0 Å². The summed E-state index contributed by atoms with van der Waals surface area (Å²) in [4.78, 5) is 0. The van der Waals surface area contributed by atoms with Gasteiger partial charge in [0.1, 0.15) is 0 Å². The van der Waals surface area contributed by atoms with Crippen LogP contribution < -0.4 is 5.73 Å². The maximum absolute atomic E-state index is 11.7. The van der Waals surface area contributed by atoms with Crippen molar-refractivity contribution in [3.8, 4) is 0 Å². The number of benzene rings is 1. The zero-order valence-electron chi connectivity index (χ0n) is 8.62. The summed E-state index contributed by atoms with van der Waals surface area (Å²) in [6, 6.07) is 5.18. The Bertz CT molecular complexity index is 462. The molecule has 3 nitrogen and oxygen atoms in total. The first kappa shape index (κ1) is 14.0. The second kappa shape index (κ2) is 6.00. The van der Waals surface area contributed by atoms with E-state index in [0.29, 0.717) is 23.6 Å². The second-order valence-electron chi connectivity index (χ2n) is 3.47. The smallest absolute Gasteiger partial charge is 0.154 e. The van der Waals surface area contributed by atoms with Gasteiger partial charge in [-0.2, -0.15) is 0 Å². The monoisotopic (exact) mass is 325 g/mol. The van der Waals surface area contributed by atoms with Crippen molar-refractivity contribution in [3.63, 3.8) is 0 Å². The molecule has 6 heteroatoms. The van der Waals surface area contributed by atoms with Crippen LogP contribution in [0.15, 0.2) is 22.7 Å². The maximum Gasteiger partial charge on any atom is 0.154 e. The Labute approximate surface area is 109 Å². The summed E-state index contributed by atoms with van der Waals surface area (Å²) in [6.07, 6.45) is 0.483. The minimum Gasteiger partial charge on any atom is -0.330 e. The van der Waals surface area contributed by atoms with Crippen LogP contribution in [0.4, 0.5) is 0 Å².